The Balaban J connectivity index is 1.77. The first-order chi connectivity index (χ1) is 15.9. The van der Waals surface area contributed by atoms with Gasteiger partial charge in [-0.05, 0) is 42.5 Å². The van der Waals surface area contributed by atoms with E-state index < -0.39 is 11.9 Å². The van der Waals surface area contributed by atoms with Crippen LogP contribution in [-0.2, 0) is 4.79 Å². The number of anilines is 2. The summed E-state index contributed by atoms with van der Waals surface area (Å²) in [5.41, 5.74) is 1.32. The lowest BCUT2D eigenvalue weighted by Gasteiger charge is -2.10. The zero-order valence-electron chi connectivity index (χ0n) is 17.0. The molecule has 162 valence electrons. The molecule has 0 saturated heterocycles. The van der Waals surface area contributed by atoms with Crippen LogP contribution < -0.4 is 10.6 Å². The van der Waals surface area contributed by atoms with E-state index in [2.05, 4.69) is 26.0 Å². The topological polar surface area (TPSA) is 171 Å². The van der Waals surface area contributed by atoms with Crippen molar-refractivity contribution in [2.45, 2.75) is 6.92 Å². The standard InChI is InChI=1S/C22H14N6O5/c1-11(29)25-18-8-15-19(9-13(18)17-3-2-6-24-27-17)33-28-20(15)21(30)26-16-5-4-12(10-23)7-14(16)22(31)32/h2-9H,1H3,(H,25,29)(H,26,30)(H,31,32). The molecule has 0 spiro atoms. The summed E-state index contributed by atoms with van der Waals surface area (Å²) in [6, 6.07) is 12.2. The smallest absolute Gasteiger partial charge is 0.337 e. The fourth-order valence-corrected chi connectivity index (χ4v) is 3.18. The van der Waals surface area contributed by atoms with Crippen LogP contribution in [0.4, 0.5) is 11.4 Å². The van der Waals surface area contributed by atoms with Gasteiger partial charge in [0.2, 0.25) is 5.91 Å². The van der Waals surface area contributed by atoms with Gasteiger partial charge in [-0.15, -0.1) is 0 Å². The van der Waals surface area contributed by atoms with Crippen LogP contribution >= 0.6 is 0 Å². The Bertz CT molecular complexity index is 1460. The first-order valence-electron chi connectivity index (χ1n) is 9.45. The van der Waals surface area contributed by atoms with Gasteiger partial charge >= 0.3 is 5.97 Å². The maximum absolute atomic E-state index is 12.9. The molecule has 0 bridgehead atoms. The molecule has 2 aromatic heterocycles. The molecule has 0 saturated carbocycles. The number of fused-ring (bicyclic) bond motifs is 1. The molecule has 0 aliphatic rings. The van der Waals surface area contributed by atoms with E-state index in [0.29, 0.717) is 16.9 Å². The average molecular weight is 442 g/mol. The molecule has 0 aliphatic carbocycles. The van der Waals surface area contributed by atoms with Gasteiger partial charge in [0, 0.05) is 18.7 Å². The summed E-state index contributed by atoms with van der Waals surface area (Å²) in [6.45, 7) is 1.34. The number of nitrogens with one attached hydrogen (secondary N) is 2. The molecule has 4 rings (SSSR count). The molecule has 4 aromatic rings. The number of aromatic carboxylic acids is 1. The molecule has 0 aliphatic heterocycles. The molecule has 3 N–H and O–H groups in total. The van der Waals surface area contributed by atoms with Crippen molar-refractivity contribution in [3.63, 3.8) is 0 Å². The molecule has 2 heterocycles. The van der Waals surface area contributed by atoms with E-state index in [4.69, 9.17) is 9.78 Å². The van der Waals surface area contributed by atoms with Crippen LogP contribution in [0, 0.1) is 11.3 Å². The fraction of sp³-hybridized carbons (Fsp3) is 0.0455. The molecule has 0 unspecified atom stereocenters. The van der Waals surface area contributed by atoms with Crippen molar-refractivity contribution in [1.29, 1.82) is 5.26 Å². The van der Waals surface area contributed by atoms with E-state index in [1.54, 1.807) is 18.2 Å². The second-order valence-electron chi connectivity index (χ2n) is 6.85. The number of amides is 2. The largest absolute Gasteiger partial charge is 0.478 e. The van der Waals surface area contributed by atoms with Gasteiger partial charge in [0.05, 0.1) is 39.7 Å². The van der Waals surface area contributed by atoms with Crippen LogP contribution in [0.1, 0.15) is 33.3 Å². The summed E-state index contributed by atoms with van der Waals surface area (Å²) in [4.78, 5) is 36.2. The molecule has 0 atom stereocenters. The highest BCUT2D eigenvalue weighted by molar-refractivity contribution is 6.14. The minimum atomic E-state index is -1.31. The predicted molar refractivity (Wildman–Crippen MR) is 115 cm³/mol. The van der Waals surface area contributed by atoms with E-state index >= 15 is 0 Å². The third-order valence-electron chi connectivity index (χ3n) is 4.61. The van der Waals surface area contributed by atoms with Crippen molar-refractivity contribution in [3.05, 3.63) is 65.5 Å². The van der Waals surface area contributed by atoms with Crippen molar-refractivity contribution in [2.24, 2.45) is 0 Å². The van der Waals surface area contributed by atoms with Gasteiger partial charge in [0.15, 0.2) is 11.3 Å². The lowest BCUT2D eigenvalue weighted by molar-refractivity contribution is -0.114. The number of nitrogens with zero attached hydrogens (tertiary/aromatic N) is 4. The van der Waals surface area contributed by atoms with Crippen molar-refractivity contribution in [1.82, 2.24) is 15.4 Å². The molecule has 11 heteroatoms. The minimum Gasteiger partial charge on any atom is -0.478 e. The number of carbonyl (C=O) groups excluding carboxylic acids is 2. The summed E-state index contributed by atoms with van der Waals surface area (Å²) >= 11 is 0. The lowest BCUT2D eigenvalue weighted by Crippen LogP contribution is -2.15. The number of hydrogen-bond acceptors (Lipinski definition) is 8. The summed E-state index contributed by atoms with van der Waals surface area (Å²) < 4.78 is 5.31. The number of rotatable bonds is 5. The van der Waals surface area contributed by atoms with E-state index in [1.165, 1.54) is 31.3 Å². The second kappa shape index (κ2) is 8.56. The van der Waals surface area contributed by atoms with Crippen LogP contribution in [0.5, 0.6) is 0 Å². The molecular weight excluding hydrogens is 428 g/mol. The SMILES string of the molecule is CC(=O)Nc1cc2c(C(=O)Nc3ccc(C#N)cc3C(=O)O)noc2cc1-c1cccnn1. The van der Waals surface area contributed by atoms with Crippen LogP contribution in [0.3, 0.4) is 0 Å². The Labute approximate surface area is 185 Å². The van der Waals surface area contributed by atoms with Gasteiger partial charge in [-0.25, -0.2) is 4.79 Å². The van der Waals surface area contributed by atoms with Gasteiger partial charge in [-0.3, -0.25) is 9.59 Å². The third-order valence-corrected chi connectivity index (χ3v) is 4.61. The Morgan fingerprint density at radius 2 is 1.91 bits per heavy atom. The number of aromatic nitrogens is 3. The van der Waals surface area contributed by atoms with Crippen molar-refractivity contribution in [2.75, 3.05) is 10.6 Å². The third kappa shape index (κ3) is 4.21. The summed E-state index contributed by atoms with van der Waals surface area (Å²) in [5.74, 6) is -2.39. The van der Waals surface area contributed by atoms with Gasteiger partial charge in [0.1, 0.15) is 0 Å². The predicted octanol–water partition coefficient (Wildman–Crippen LogP) is 3.07. The Morgan fingerprint density at radius 3 is 2.58 bits per heavy atom. The van der Waals surface area contributed by atoms with E-state index in [9.17, 15) is 19.5 Å². The molecule has 2 aromatic carbocycles. The fourth-order valence-electron chi connectivity index (χ4n) is 3.18. The molecule has 0 fully saturated rings. The van der Waals surface area contributed by atoms with E-state index in [1.807, 2.05) is 6.07 Å². The number of hydrogen-bond donors (Lipinski definition) is 3. The Hall–Kier alpha value is -5.11. The number of nitriles is 1. The van der Waals surface area contributed by atoms with Gasteiger partial charge in [-0.1, -0.05) is 5.16 Å². The second-order valence-corrected chi connectivity index (χ2v) is 6.85. The van der Waals surface area contributed by atoms with Crippen LogP contribution in [-0.4, -0.2) is 38.2 Å². The monoisotopic (exact) mass is 442 g/mol. The first kappa shape index (κ1) is 21.1. The highest BCUT2D eigenvalue weighted by Gasteiger charge is 2.22. The molecule has 33 heavy (non-hydrogen) atoms. The van der Waals surface area contributed by atoms with Crippen molar-refractivity contribution >= 4 is 40.1 Å². The zero-order chi connectivity index (χ0) is 23.5. The van der Waals surface area contributed by atoms with E-state index in [-0.39, 0.29) is 39.4 Å². The molecule has 2 amide bonds. The Morgan fingerprint density at radius 1 is 1.09 bits per heavy atom. The quantitative estimate of drug-likeness (QED) is 0.420. The maximum Gasteiger partial charge on any atom is 0.337 e. The normalized spacial score (nSPS) is 10.4. The number of carboxylic acid groups (broad SMARTS) is 1. The number of carboxylic acids is 1. The highest BCUT2D eigenvalue weighted by Crippen LogP contribution is 2.33. The molecular formula is C22H14N6O5. The van der Waals surface area contributed by atoms with Crippen LogP contribution in [0.2, 0.25) is 0 Å². The first-order valence-corrected chi connectivity index (χ1v) is 9.45. The summed E-state index contributed by atoms with van der Waals surface area (Å²) in [6.07, 6.45) is 1.51. The molecule has 11 nitrogen and oxygen atoms in total. The van der Waals surface area contributed by atoms with Crippen molar-refractivity contribution in [3.8, 4) is 17.3 Å². The van der Waals surface area contributed by atoms with Crippen LogP contribution in [0.15, 0.2) is 53.2 Å². The van der Waals surface area contributed by atoms with Crippen LogP contribution in [0.25, 0.3) is 22.2 Å². The van der Waals surface area contributed by atoms with Gasteiger partial charge < -0.3 is 20.3 Å². The Kier molecular flexibility index (Phi) is 5.48. The minimum absolute atomic E-state index is 0.0130. The zero-order valence-corrected chi connectivity index (χ0v) is 17.0. The molecule has 0 radical (unpaired) electrons. The maximum atomic E-state index is 12.9. The lowest BCUT2D eigenvalue weighted by atomic mass is 10.0. The number of benzene rings is 2. The number of carbonyl (C=O) groups is 3. The van der Waals surface area contributed by atoms with E-state index in [0.717, 1.165) is 6.07 Å². The van der Waals surface area contributed by atoms with Gasteiger partial charge in [-0.2, -0.15) is 15.5 Å². The summed E-state index contributed by atoms with van der Waals surface area (Å²) in [5, 5.41) is 35.6. The summed E-state index contributed by atoms with van der Waals surface area (Å²) in [7, 11) is 0. The average Bonchev–Trinajstić information content (AvgIpc) is 3.21. The van der Waals surface area contributed by atoms with Gasteiger partial charge in [0.25, 0.3) is 5.91 Å². The van der Waals surface area contributed by atoms with Crippen molar-refractivity contribution < 1.29 is 24.0 Å². The highest BCUT2D eigenvalue weighted by atomic mass is 16.5.